The Morgan fingerprint density at radius 3 is 2.93 bits per heavy atom. The Kier molecular flexibility index (Phi) is 5.85. The Balaban J connectivity index is 2.06. The first-order chi connectivity index (χ1) is 13.2. The largest absolute Gasteiger partial charge is 0.382 e. The monoisotopic (exact) mass is 413 g/mol. The maximum Gasteiger partial charge on any atom is 0.325 e. The zero-order chi connectivity index (χ0) is 20.5. The number of nitrogens with two attached hydrogens (primary N) is 1. The zero-order valence-electron chi connectivity index (χ0n) is 15.1. The number of ether oxygens (including phenoxy) is 3. The van der Waals surface area contributed by atoms with E-state index in [4.69, 9.17) is 30.9 Å². The summed E-state index contributed by atoms with van der Waals surface area (Å²) >= 11 is 0. The Labute approximate surface area is 159 Å². The number of fused-ring (bicyclic) bond motifs is 1. The van der Waals surface area contributed by atoms with E-state index >= 15 is 0 Å². The molecule has 0 amide bonds. The molecule has 3 heterocycles. The van der Waals surface area contributed by atoms with Crippen LogP contribution in [0.2, 0.25) is 0 Å². The van der Waals surface area contributed by atoms with Crippen LogP contribution < -0.4 is 11.3 Å². The molecule has 28 heavy (non-hydrogen) atoms. The molecular formula is C15H20N5O7P. The van der Waals surface area contributed by atoms with Crippen molar-refractivity contribution in [3.63, 3.8) is 0 Å². The molecule has 5 atom stereocenters. The topological polar surface area (TPSA) is 164 Å². The van der Waals surface area contributed by atoms with Crippen molar-refractivity contribution >= 4 is 24.7 Å². The summed E-state index contributed by atoms with van der Waals surface area (Å²) in [6.07, 6.45) is 3.07. The van der Waals surface area contributed by atoms with Crippen LogP contribution in [0.3, 0.4) is 0 Å². The van der Waals surface area contributed by atoms with Gasteiger partial charge in [-0.3, -0.25) is 23.4 Å². The van der Waals surface area contributed by atoms with Gasteiger partial charge in [-0.15, -0.1) is 6.42 Å². The number of rotatable bonds is 7. The summed E-state index contributed by atoms with van der Waals surface area (Å²) in [6.45, 7) is 1.00. The van der Waals surface area contributed by atoms with E-state index in [0.29, 0.717) is 0 Å². The van der Waals surface area contributed by atoms with Crippen LogP contribution in [0.5, 0.6) is 0 Å². The molecule has 0 aromatic carbocycles. The predicted octanol–water partition coefficient (Wildman–Crippen LogP) is -0.536. The third kappa shape index (κ3) is 4.10. The molecule has 1 aliphatic heterocycles. The summed E-state index contributed by atoms with van der Waals surface area (Å²) in [5.41, 5.74) is 5.31. The molecule has 0 spiro atoms. The first-order valence-corrected chi connectivity index (χ1v) is 10.2. The summed E-state index contributed by atoms with van der Waals surface area (Å²) in [5, 5.41) is 0. The van der Waals surface area contributed by atoms with E-state index in [9.17, 15) is 14.3 Å². The lowest BCUT2D eigenvalue weighted by molar-refractivity contribution is -0.0670. The van der Waals surface area contributed by atoms with Gasteiger partial charge < -0.3 is 24.8 Å². The fraction of sp³-hybridized carbons (Fsp3) is 0.533. The minimum absolute atomic E-state index is 0.0458. The van der Waals surface area contributed by atoms with Crippen LogP contribution in [0, 0.1) is 12.3 Å². The number of anilines is 1. The maximum absolute atomic E-state index is 12.0. The average molecular weight is 413 g/mol. The minimum Gasteiger partial charge on any atom is -0.382 e. The molecule has 1 aliphatic rings. The number of nitrogen functional groups attached to an aromatic ring is 1. The van der Waals surface area contributed by atoms with Crippen LogP contribution in [0.4, 0.5) is 5.95 Å². The van der Waals surface area contributed by atoms with Gasteiger partial charge in [0.05, 0.1) is 12.9 Å². The fourth-order valence-electron chi connectivity index (χ4n) is 3.03. The number of methoxy groups -OCH3 is 1. The quantitative estimate of drug-likeness (QED) is 0.397. The molecule has 3 rings (SSSR count). The van der Waals surface area contributed by atoms with E-state index < -0.39 is 37.7 Å². The van der Waals surface area contributed by atoms with Gasteiger partial charge >= 0.3 is 7.60 Å². The van der Waals surface area contributed by atoms with Gasteiger partial charge in [0.2, 0.25) is 5.95 Å². The second kappa shape index (κ2) is 8.00. The average Bonchev–Trinajstić information content (AvgIpc) is 3.14. The third-order valence-corrected chi connectivity index (χ3v) is 4.65. The number of hydrogen-bond acceptors (Lipinski definition) is 9. The second-order valence-electron chi connectivity index (χ2n) is 6.15. The number of imidazole rings is 1. The number of aromatic amines is 1. The molecule has 1 fully saturated rings. The highest BCUT2D eigenvalue weighted by molar-refractivity contribution is 7.51. The van der Waals surface area contributed by atoms with E-state index in [2.05, 4.69) is 20.9 Å². The van der Waals surface area contributed by atoms with Crippen LogP contribution in [0.25, 0.3) is 11.2 Å². The van der Waals surface area contributed by atoms with Crippen LogP contribution in [0.15, 0.2) is 11.1 Å². The lowest BCUT2D eigenvalue weighted by atomic mass is 10.1. The van der Waals surface area contributed by atoms with E-state index in [1.54, 1.807) is 0 Å². The molecule has 12 nitrogen and oxygen atoms in total. The van der Waals surface area contributed by atoms with Crippen LogP contribution >= 0.6 is 7.60 Å². The molecule has 5 unspecified atom stereocenters. The Hall–Kier alpha value is -2.26. The highest BCUT2D eigenvalue weighted by Crippen LogP contribution is 2.45. The van der Waals surface area contributed by atoms with Gasteiger partial charge in [-0.1, -0.05) is 5.92 Å². The lowest BCUT2D eigenvalue weighted by Gasteiger charge is -2.25. The van der Waals surface area contributed by atoms with Crippen molar-refractivity contribution in [2.45, 2.75) is 24.5 Å². The van der Waals surface area contributed by atoms with Gasteiger partial charge in [0.15, 0.2) is 17.4 Å². The van der Waals surface area contributed by atoms with E-state index in [1.807, 2.05) is 0 Å². The van der Waals surface area contributed by atoms with Gasteiger partial charge in [0.1, 0.15) is 24.9 Å². The Bertz CT molecular complexity index is 993. The summed E-state index contributed by atoms with van der Waals surface area (Å²) in [6, 6.07) is 0. The van der Waals surface area contributed by atoms with Crippen LogP contribution in [0.1, 0.15) is 6.23 Å². The molecule has 13 heteroatoms. The minimum atomic E-state index is -3.90. The Morgan fingerprint density at radius 1 is 1.54 bits per heavy atom. The van der Waals surface area contributed by atoms with Gasteiger partial charge in [0, 0.05) is 13.8 Å². The van der Waals surface area contributed by atoms with E-state index in [1.165, 1.54) is 18.0 Å². The smallest absolute Gasteiger partial charge is 0.325 e. The molecule has 2 aromatic rings. The van der Waals surface area contributed by atoms with Crippen molar-refractivity contribution in [3.8, 4) is 12.3 Å². The molecule has 0 bridgehead atoms. The van der Waals surface area contributed by atoms with Gasteiger partial charge in [-0.2, -0.15) is 4.98 Å². The first kappa shape index (κ1) is 20.5. The standard InChI is InChI=1S/C15H20N5O7P/c1-4-5-25-11-10(27-28(3,22)23)8(6-24-2)26-14(11)20-7-17-9-12(20)18-15(16)19-13(9)21/h1,7-8,10-11,14H,5-6H2,2-3H3,(H,22,23)(H3,16,18,19,21). The predicted molar refractivity (Wildman–Crippen MR) is 97.5 cm³/mol. The van der Waals surface area contributed by atoms with Crippen molar-refractivity contribution in [3.05, 3.63) is 16.7 Å². The summed E-state index contributed by atoms with van der Waals surface area (Å²) in [5.74, 6) is 2.23. The first-order valence-electron chi connectivity index (χ1n) is 8.15. The lowest BCUT2D eigenvalue weighted by Crippen LogP contribution is -2.37. The fourth-order valence-corrected chi connectivity index (χ4v) is 3.74. The molecule has 1 saturated heterocycles. The molecule has 152 valence electrons. The molecule has 4 N–H and O–H groups in total. The highest BCUT2D eigenvalue weighted by Gasteiger charge is 2.49. The zero-order valence-corrected chi connectivity index (χ0v) is 16.0. The van der Waals surface area contributed by atoms with Crippen molar-refractivity contribution in [2.24, 2.45) is 0 Å². The summed E-state index contributed by atoms with van der Waals surface area (Å²) < 4.78 is 35.4. The summed E-state index contributed by atoms with van der Waals surface area (Å²) in [4.78, 5) is 32.2. The number of nitrogens with zero attached hydrogens (tertiary/aromatic N) is 3. The normalized spacial score (nSPS) is 26.9. The Morgan fingerprint density at radius 2 is 2.29 bits per heavy atom. The van der Waals surface area contributed by atoms with Gasteiger partial charge in [-0.05, 0) is 0 Å². The van der Waals surface area contributed by atoms with Crippen molar-refractivity contribution < 1.29 is 28.2 Å². The molecule has 0 radical (unpaired) electrons. The van der Waals surface area contributed by atoms with E-state index in [-0.39, 0.29) is 30.3 Å². The third-order valence-electron chi connectivity index (χ3n) is 4.02. The van der Waals surface area contributed by atoms with Crippen molar-refractivity contribution in [1.82, 2.24) is 19.5 Å². The van der Waals surface area contributed by atoms with E-state index in [0.717, 1.165) is 6.66 Å². The molecular weight excluding hydrogens is 393 g/mol. The highest BCUT2D eigenvalue weighted by atomic mass is 31.2. The van der Waals surface area contributed by atoms with Gasteiger partial charge in [0.25, 0.3) is 5.56 Å². The summed E-state index contributed by atoms with van der Waals surface area (Å²) in [7, 11) is -2.45. The van der Waals surface area contributed by atoms with Gasteiger partial charge in [-0.25, -0.2) is 4.98 Å². The number of H-pyrrole nitrogens is 1. The number of nitrogens with one attached hydrogen (secondary N) is 1. The second-order valence-corrected chi connectivity index (χ2v) is 7.97. The molecule has 2 aromatic heterocycles. The number of aromatic nitrogens is 4. The SMILES string of the molecule is C#CCOC1C(OP(C)(=O)O)C(COC)OC1n1cnc2c(=O)[nH]c(N)nc21. The number of terminal acetylenes is 1. The maximum atomic E-state index is 12.0. The molecule has 0 saturated carbocycles. The van der Waals surface area contributed by atoms with Crippen LogP contribution in [-0.4, -0.2) is 69.7 Å². The van der Waals surface area contributed by atoms with Crippen molar-refractivity contribution in [1.29, 1.82) is 0 Å². The number of hydrogen-bond donors (Lipinski definition) is 3. The van der Waals surface area contributed by atoms with Crippen LogP contribution in [-0.2, 0) is 23.3 Å². The molecule has 0 aliphatic carbocycles. The van der Waals surface area contributed by atoms with Crippen molar-refractivity contribution in [2.75, 3.05) is 32.7 Å².